The van der Waals surface area contributed by atoms with E-state index in [1.165, 1.54) is 0 Å². The Morgan fingerprint density at radius 1 is 1.20 bits per heavy atom. The monoisotopic (exact) mass is 279 g/mol. The van der Waals surface area contributed by atoms with Crippen molar-refractivity contribution in [1.29, 1.82) is 0 Å². The molecule has 5 nitrogen and oxygen atoms in total. The summed E-state index contributed by atoms with van der Waals surface area (Å²) < 4.78 is 5.71. The van der Waals surface area contributed by atoms with Crippen molar-refractivity contribution in [2.75, 3.05) is 46.3 Å². The zero-order valence-electron chi connectivity index (χ0n) is 12.8. The first-order chi connectivity index (χ1) is 9.63. The third-order valence-electron chi connectivity index (χ3n) is 3.94. The molecule has 0 aliphatic carbocycles. The fraction of sp³-hybridized carbons (Fsp3) is 0.667. The number of likely N-dealkylation sites (N-methyl/N-ethyl adjacent to an activating group) is 1. The van der Waals surface area contributed by atoms with Crippen molar-refractivity contribution in [2.24, 2.45) is 0 Å². The van der Waals surface area contributed by atoms with Crippen LogP contribution in [-0.2, 0) is 6.54 Å². The molecule has 0 unspecified atom stereocenters. The van der Waals surface area contributed by atoms with E-state index in [4.69, 9.17) is 4.42 Å². The minimum atomic E-state index is 0.0175. The van der Waals surface area contributed by atoms with Crippen LogP contribution in [-0.4, -0.2) is 66.9 Å². The Morgan fingerprint density at radius 2 is 1.85 bits per heavy atom. The van der Waals surface area contributed by atoms with E-state index in [0.717, 1.165) is 51.6 Å². The van der Waals surface area contributed by atoms with Crippen LogP contribution >= 0.6 is 0 Å². The van der Waals surface area contributed by atoms with Gasteiger partial charge in [0, 0.05) is 26.2 Å². The van der Waals surface area contributed by atoms with E-state index in [1.54, 1.807) is 6.07 Å². The van der Waals surface area contributed by atoms with Gasteiger partial charge >= 0.3 is 0 Å². The van der Waals surface area contributed by atoms with E-state index in [2.05, 4.69) is 30.7 Å². The van der Waals surface area contributed by atoms with Crippen LogP contribution in [0.25, 0.3) is 0 Å². The van der Waals surface area contributed by atoms with Crippen molar-refractivity contribution in [1.82, 2.24) is 14.7 Å². The van der Waals surface area contributed by atoms with Crippen molar-refractivity contribution in [3.8, 4) is 0 Å². The molecule has 0 atom stereocenters. The molecule has 112 valence electrons. The second-order valence-electron chi connectivity index (χ2n) is 5.32. The van der Waals surface area contributed by atoms with Crippen molar-refractivity contribution >= 4 is 5.91 Å². The number of furan rings is 1. The van der Waals surface area contributed by atoms with Crippen LogP contribution in [0.1, 0.15) is 30.2 Å². The second kappa shape index (κ2) is 6.90. The summed E-state index contributed by atoms with van der Waals surface area (Å²) in [6, 6.07) is 3.72. The summed E-state index contributed by atoms with van der Waals surface area (Å²) in [6.45, 7) is 10.4. The van der Waals surface area contributed by atoms with E-state index < -0.39 is 0 Å². The summed E-state index contributed by atoms with van der Waals surface area (Å²) >= 11 is 0. The van der Waals surface area contributed by atoms with Gasteiger partial charge in [0.1, 0.15) is 5.76 Å². The van der Waals surface area contributed by atoms with E-state index >= 15 is 0 Å². The van der Waals surface area contributed by atoms with Gasteiger partial charge in [0.05, 0.1) is 6.54 Å². The Hall–Kier alpha value is -1.33. The quantitative estimate of drug-likeness (QED) is 0.819. The lowest BCUT2D eigenvalue weighted by Gasteiger charge is -2.31. The summed E-state index contributed by atoms with van der Waals surface area (Å²) in [6.07, 6.45) is 0. The molecule has 5 heteroatoms. The van der Waals surface area contributed by atoms with E-state index in [9.17, 15) is 4.79 Å². The number of carbonyl (C=O) groups excluding carboxylic acids is 1. The Kier molecular flexibility index (Phi) is 5.20. The van der Waals surface area contributed by atoms with Gasteiger partial charge in [-0.05, 0) is 32.3 Å². The number of hydrogen-bond donors (Lipinski definition) is 0. The summed E-state index contributed by atoms with van der Waals surface area (Å²) in [5, 5.41) is 0. The van der Waals surface area contributed by atoms with Crippen LogP contribution in [0.3, 0.4) is 0 Å². The molecule has 2 rings (SSSR count). The lowest BCUT2D eigenvalue weighted by molar-refractivity contribution is 0.0629. The molecule has 20 heavy (non-hydrogen) atoms. The second-order valence-corrected chi connectivity index (χ2v) is 5.32. The van der Waals surface area contributed by atoms with Crippen LogP contribution < -0.4 is 0 Å². The van der Waals surface area contributed by atoms with Gasteiger partial charge in [-0.3, -0.25) is 9.69 Å². The van der Waals surface area contributed by atoms with Crippen LogP contribution in [0.4, 0.5) is 0 Å². The minimum absolute atomic E-state index is 0.0175. The Morgan fingerprint density at radius 3 is 2.45 bits per heavy atom. The largest absolute Gasteiger partial charge is 0.455 e. The number of carbonyl (C=O) groups is 1. The standard InChI is InChI=1S/C15H25N3O2/c1-4-17(5-2)12-13-6-7-14(20-13)15(19)18-10-8-16(3)9-11-18/h6-7H,4-5,8-12H2,1-3H3. The molecule has 1 amide bonds. The van der Waals surface area contributed by atoms with E-state index in [1.807, 2.05) is 11.0 Å². The highest BCUT2D eigenvalue weighted by molar-refractivity contribution is 5.91. The number of piperazine rings is 1. The molecule has 2 heterocycles. The molecule has 1 aromatic heterocycles. The fourth-order valence-corrected chi connectivity index (χ4v) is 2.41. The molecule has 1 aliphatic rings. The molecule has 1 aromatic rings. The summed E-state index contributed by atoms with van der Waals surface area (Å²) in [7, 11) is 2.08. The van der Waals surface area contributed by atoms with Crippen molar-refractivity contribution in [3.05, 3.63) is 23.7 Å². The number of rotatable bonds is 5. The first kappa shape index (κ1) is 15.1. The van der Waals surface area contributed by atoms with Crippen LogP contribution in [0, 0.1) is 0 Å². The molecule has 0 bridgehead atoms. The normalized spacial score (nSPS) is 16.9. The van der Waals surface area contributed by atoms with Crippen LogP contribution in [0.15, 0.2) is 16.5 Å². The highest BCUT2D eigenvalue weighted by Crippen LogP contribution is 2.14. The first-order valence-electron chi connectivity index (χ1n) is 7.43. The first-order valence-corrected chi connectivity index (χ1v) is 7.43. The lowest BCUT2D eigenvalue weighted by atomic mass is 10.3. The maximum absolute atomic E-state index is 12.3. The summed E-state index contributed by atoms with van der Waals surface area (Å²) in [5.41, 5.74) is 0. The predicted molar refractivity (Wildman–Crippen MR) is 78.7 cm³/mol. The van der Waals surface area contributed by atoms with Gasteiger partial charge in [-0.25, -0.2) is 0 Å². The average Bonchev–Trinajstić information content (AvgIpc) is 2.93. The molecule has 1 saturated heterocycles. The minimum Gasteiger partial charge on any atom is -0.455 e. The smallest absolute Gasteiger partial charge is 0.289 e. The molecular weight excluding hydrogens is 254 g/mol. The van der Waals surface area contributed by atoms with E-state index in [0.29, 0.717) is 5.76 Å². The number of hydrogen-bond acceptors (Lipinski definition) is 4. The van der Waals surface area contributed by atoms with E-state index in [-0.39, 0.29) is 5.91 Å². The van der Waals surface area contributed by atoms with Gasteiger partial charge in [0.25, 0.3) is 5.91 Å². The molecule has 0 radical (unpaired) electrons. The molecule has 1 aliphatic heterocycles. The highest BCUT2D eigenvalue weighted by Gasteiger charge is 2.22. The van der Waals surface area contributed by atoms with Gasteiger partial charge in [-0.1, -0.05) is 13.8 Å². The molecule has 0 spiro atoms. The van der Waals surface area contributed by atoms with Crippen LogP contribution in [0.5, 0.6) is 0 Å². The Bertz CT molecular complexity index is 432. The molecule has 0 aromatic carbocycles. The predicted octanol–water partition coefficient (Wildman–Crippen LogP) is 1.51. The third kappa shape index (κ3) is 3.61. The zero-order valence-corrected chi connectivity index (χ0v) is 12.8. The summed E-state index contributed by atoms with van der Waals surface area (Å²) in [5.74, 6) is 1.35. The molecule has 0 N–H and O–H groups in total. The topological polar surface area (TPSA) is 39.9 Å². The average molecular weight is 279 g/mol. The van der Waals surface area contributed by atoms with Crippen molar-refractivity contribution in [3.63, 3.8) is 0 Å². The molecule has 1 fully saturated rings. The van der Waals surface area contributed by atoms with Gasteiger partial charge in [0.15, 0.2) is 5.76 Å². The Balaban J connectivity index is 1.96. The zero-order chi connectivity index (χ0) is 14.5. The molecule has 0 saturated carbocycles. The summed E-state index contributed by atoms with van der Waals surface area (Å²) in [4.78, 5) is 18.7. The van der Waals surface area contributed by atoms with Crippen molar-refractivity contribution < 1.29 is 9.21 Å². The highest BCUT2D eigenvalue weighted by atomic mass is 16.4. The lowest BCUT2D eigenvalue weighted by Crippen LogP contribution is -2.47. The third-order valence-corrected chi connectivity index (χ3v) is 3.94. The van der Waals surface area contributed by atoms with Gasteiger partial charge in [-0.15, -0.1) is 0 Å². The van der Waals surface area contributed by atoms with Gasteiger partial charge in [0.2, 0.25) is 0 Å². The Labute approximate surface area is 121 Å². The van der Waals surface area contributed by atoms with Crippen LogP contribution in [0.2, 0.25) is 0 Å². The number of nitrogens with zero attached hydrogens (tertiary/aromatic N) is 3. The fourth-order valence-electron chi connectivity index (χ4n) is 2.41. The van der Waals surface area contributed by atoms with Gasteiger partial charge < -0.3 is 14.2 Å². The SMILES string of the molecule is CCN(CC)Cc1ccc(C(=O)N2CCN(C)CC2)o1. The molecular formula is C15H25N3O2. The van der Waals surface area contributed by atoms with Gasteiger partial charge in [-0.2, -0.15) is 0 Å². The number of amides is 1. The van der Waals surface area contributed by atoms with Crippen molar-refractivity contribution in [2.45, 2.75) is 20.4 Å². The maximum atomic E-state index is 12.3. The maximum Gasteiger partial charge on any atom is 0.289 e.